The molecule has 0 aromatic heterocycles. The van der Waals surface area contributed by atoms with Crippen LogP contribution in [0.2, 0.25) is 0 Å². The largest absolute Gasteiger partial charge is 0.466 e. The smallest absolute Gasteiger partial charge is 0.308 e. The van der Waals surface area contributed by atoms with E-state index >= 15 is 0 Å². The molecule has 0 N–H and O–H groups in total. The van der Waals surface area contributed by atoms with Gasteiger partial charge in [0.2, 0.25) is 0 Å². The van der Waals surface area contributed by atoms with Crippen LogP contribution in [0.5, 0.6) is 0 Å². The van der Waals surface area contributed by atoms with Crippen LogP contribution in [0.3, 0.4) is 0 Å². The first-order chi connectivity index (χ1) is 6.76. The van der Waals surface area contributed by atoms with Gasteiger partial charge in [-0.3, -0.25) is 4.79 Å². The third kappa shape index (κ3) is 7.84. The highest BCUT2D eigenvalue weighted by Crippen LogP contribution is 2.14. The lowest BCUT2D eigenvalue weighted by Crippen LogP contribution is -2.17. The molecule has 0 radical (unpaired) electrons. The number of carbonyl (C=O) groups excluding carboxylic acids is 1. The molecular formula is C12H24O2. The van der Waals surface area contributed by atoms with Crippen LogP contribution in [0.4, 0.5) is 0 Å². The average molecular weight is 200 g/mol. The number of carbonyl (C=O) groups is 1. The summed E-state index contributed by atoms with van der Waals surface area (Å²) in [6.07, 6.45) is 4.05. The van der Waals surface area contributed by atoms with Crippen LogP contribution in [0, 0.1) is 5.92 Å². The second-order valence-corrected chi connectivity index (χ2v) is 3.03. The second-order valence-electron chi connectivity index (χ2n) is 3.03. The predicted octanol–water partition coefficient (Wildman–Crippen LogP) is 3.57. The van der Waals surface area contributed by atoms with E-state index in [0.717, 1.165) is 25.7 Å². The Morgan fingerprint density at radius 1 is 1.14 bits per heavy atom. The first-order valence-corrected chi connectivity index (χ1v) is 5.42. The van der Waals surface area contributed by atoms with Gasteiger partial charge in [-0.2, -0.15) is 0 Å². The van der Waals surface area contributed by atoms with Crippen LogP contribution in [0.15, 0.2) is 13.2 Å². The van der Waals surface area contributed by atoms with Crippen LogP contribution in [0.25, 0.3) is 0 Å². The molecule has 84 valence electrons. The summed E-state index contributed by atoms with van der Waals surface area (Å²) in [6.45, 7) is 12.6. The van der Waals surface area contributed by atoms with Crippen LogP contribution in [-0.2, 0) is 9.53 Å². The molecule has 0 spiro atoms. The fourth-order valence-electron chi connectivity index (χ4n) is 1.34. The predicted molar refractivity (Wildman–Crippen MR) is 61.2 cm³/mol. The zero-order valence-electron chi connectivity index (χ0n) is 9.84. The Morgan fingerprint density at radius 3 is 1.86 bits per heavy atom. The fraction of sp³-hybridized carbons (Fsp3) is 0.750. The van der Waals surface area contributed by atoms with E-state index in [1.54, 1.807) is 0 Å². The minimum absolute atomic E-state index is 0.0128. The molecule has 0 rings (SSSR count). The van der Waals surface area contributed by atoms with Crippen molar-refractivity contribution in [2.45, 2.75) is 46.5 Å². The van der Waals surface area contributed by atoms with Crippen molar-refractivity contribution in [3.8, 4) is 0 Å². The van der Waals surface area contributed by atoms with E-state index in [1.165, 1.54) is 0 Å². The molecule has 0 unspecified atom stereocenters. The standard InChI is InChI=1S/C10H20O2.C2H4/c1-4-7-9(8-5-2)10(11)12-6-3;1-2/h9H,4-8H2,1-3H3;1-2H2. The summed E-state index contributed by atoms with van der Waals surface area (Å²) in [6, 6.07) is 0. The fourth-order valence-corrected chi connectivity index (χ4v) is 1.34. The summed E-state index contributed by atoms with van der Waals surface area (Å²) >= 11 is 0. The van der Waals surface area contributed by atoms with E-state index in [4.69, 9.17) is 4.74 Å². The molecule has 0 bridgehead atoms. The molecule has 2 heteroatoms. The van der Waals surface area contributed by atoms with E-state index in [9.17, 15) is 4.79 Å². The lowest BCUT2D eigenvalue weighted by molar-refractivity contribution is -0.148. The molecule has 0 aliphatic heterocycles. The van der Waals surface area contributed by atoms with Gasteiger partial charge >= 0.3 is 5.97 Å². The number of hydrogen-bond acceptors (Lipinski definition) is 2. The summed E-state index contributed by atoms with van der Waals surface area (Å²) in [5.41, 5.74) is 0. The molecule has 0 aliphatic carbocycles. The highest BCUT2D eigenvalue weighted by Gasteiger charge is 2.16. The van der Waals surface area contributed by atoms with Crippen LogP contribution >= 0.6 is 0 Å². The molecular weight excluding hydrogens is 176 g/mol. The van der Waals surface area contributed by atoms with Crippen molar-refractivity contribution in [2.75, 3.05) is 6.61 Å². The van der Waals surface area contributed by atoms with Gasteiger partial charge in [0.15, 0.2) is 0 Å². The number of esters is 1. The van der Waals surface area contributed by atoms with Crippen LogP contribution in [-0.4, -0.2) is 12.6 Å². The first kappa shape index (κ1) is 15.7. The van der Waals surface area contributed by atoms with Crippen molar-refractivity contribution in [2.24, 2.45) is 5.92 Å². The van der Waals surface area contributed by atoms with Gasteiger partial charge in [-0.1, -0.05) is 26.7 Å². The lowest BCUT2D eigenvalue weighted by atomic mass is 9.99. The van der Waals surface area contributed by atoms with Crippen molar-refractivity contribution in [1.29, 1.82) is 0 Å². The Balaban J connectivity index is 0. The topological polar surface area (TPSA) is 26.3 Å². The summed E-state index contributed by atoms with van der Waals surface area (Å²) < 4.78 is 4.97. The van der Waals surface area contributed by atoms with E-state index < -0.39 is 0 Å². The van der Waals surface area contributed by atoms with E-state index in [-0.39, 0.29) is 11.9 Å². The molecule has 0 amide bonds. The maximum atomic E-state index is 11.3. The Bertz CT molecular complexity index is 126. The van der Waals surface area contributed by atoms with Gasteiger partial charge in [0.05, 0.1) is 12.5 Å². The van der Waals surface area contributed by atoms with Gasteiger partial charge < -0.3 is 4.74 Å². The minimum Gasteiger partial charge on any atom is -0.466 e. The molecule has 0 aromatic carbocycles. The normalized spacial score (nSPS) is 9.14. The maximum Gasteiger partial charge on any atom is 0.308 e. The van der Waals surface area contributed by atoms with E-state index in [2.05, 4.69) is 27.0 Å². The molecule has 0 atom stereocenters. The SMILES string of the molecule is C=C.CCCC(CCC)C(=O)OCC. The van der Waals surface area contributed by atoms with Gasteiger partial charge in [0.1, 0.15) is 0 Å². The first-order valence-electron chi connectivity index (χ1n) is 5.42. The van der Waals surface area contributed by atoms with Crippen molar-refractivity contribution >= 4 is 5.97 Å². The molecule has 0 aromatic rings. The molecule has 0 heterocycles. The van der Waals surface area contributed by atoms with Crippen molar-refractivity contribution in [3.63, 3.8) is 0 Å². The van der Waals surface area contributed by atoms with Crippen molar-refractivity contribution in [1.82, 2.24) is 0 Å². The second kappa shape index (κ2) is 12.2. The highest BCUT2D eigenvalue weighted by atomic mass is 16.5. The Morgan fingerprint density at radius 2 is 1.57 bits per heavy atom. The maximum absolute atomic E-state index is 11.3. The van der Waals surface area contributed by atoms with Crippen LogP contribution < -0.4 is 0 Å². The lowest BCUT2D eigenvalue weighted by Gasteiger charge is -2.12. The summed E-state index contributed by atoms with van der Waals surface area (Å²) in [5.74, 6) is 0.126. The van der Waals surface area contributed by atoms with Crippen molar-refractivity contribution in [3.05, 3.63) is 13.2 Å². The molecule has 0 aliphatic rings. The van der Waals surface area contributed by atoms with E-state index in [1.807, 2.05) is 6.92 Å². The van der Waals surface area contributed by atoms with Gasteiger partial charge in [-0.05, 0) is 19.8 Å². The number of rotatable bonds is 6. The quantitative estimate of drug-likeness (QED) is 0.484. The third-order valence-corrected chi connectivity index (χ3v) is 1.89. The third-order valence-electron chi connectivity index (χ3n) is 1.89. The average Bonchev–Trinajstić information content (AvgIpc) is 2.21. The van der Waals surface area contributed by atoms with E-state index in [0.29, 0.717) is 6.61 Å². The molecule has 0 saturated heterocycles. The summed E-state index contributed by atoms with van der Waals surface area (Å²) in [5, 5.41) is 0. The van der Waals surface area contributed by atoms with Crippen molar-refractivity contribution < 1.29 is 9.53 Å². The molecule has 14 heavy (non-hydrogen) atoms. The number of ether oxygens (including phenoxy) is 1. The summed E-state index contributed by atoms with van der Waals surface area (Å²) in [4.78, 5) is 11.3. The zero-order chi connectivity index (χ0) is 11.4. The van der Waals surface area contributed by atoms with Gasteiger partial charge in [-0.15, -0.1) is 13.2 Å². The van der Waals surface area contributed by atoms with Crippen LogP contribution in [0.1, 0.15) is 46.5 Å². The Labute approximate surface area is 88.3 Å². The highest BCUT2D eigenvalue weighted by molar-refractivity contribution is 5.72. The van der Waals surface area contributed by atoms with Gasteiger partial charge in [0.25, 0.3) is 0 Å². The Kier molecular flexibility index (Phi) is 13.7. The van der Waals surface area contributed by atoms with Gasteiger partial charge in [0, 0.05) is 0 Å². The molecule has 2 nitrogen and oxygen atoms in total. The number of hydrogen-bond donors (Lipinski definition) is 0. The van der Waals surface area contributed by atoms with Gasteiger partial charge in [-0.25, -0.2) is 0 Å². The molecule has 0 saturated carbocycles. The molecule has 0 fully saturated rings. The zero-order valence-corrected chi connectivity index (χ0v) is 9.84. The minimum atomic E-state index is -0.0128. The summed E-state index contributed by atoms with van der Waals surface area (Å²) in [7, 11) is 0. The monoisotopic (exact) mass is 200 g/mol. The Hall–Kier alpha value is -0.790.